The molecule has 6 nitrogen and oxygen atoms in total. The smallest absolute Gasteiger partial charge is 0.315 e. The van der Waals surface area contributed by atoms with Crippen molar-refractivity contribution in [1.82, 2.24) is 0 Å². The molecule has 0 amide bonds. The zero-order valence-corrected chi connectivity index (χ0v) is 17.9. The van der Waals surface area contributed by atoms with E-state index in [0.29, 0.717) is 11.4 Å². The molecule has 0 radical (unpaired) electrons. The summed E-state index contributed by atoms with van der Waals surface area (Å²) in [5.74, 6) is -0.0933. The normalized spacial score (nSPS) is 11.4. The molecule has 4 aromatic rings. The zero-order valence-electron chi connectivity index (χ0n) is 17.1. The molecule has 0 aliphatic carbocycles. The number of fused-ring (bicyclic) bond motifs is 1. The summed E-state index contributed by atoms with van der Waals surface area (Å²) in [6, 6.07) is 20.3. The predicted molar refractivity (Wildman–Crippen MR) is 119 cm³/mol. The third-order valence-corrected chi connectivity index (χ3v) is 6.78. The number of hydrogen-bond donors (Lipinski definition) is 0. The van der Waals surface area contributed by atoms with Gasteiger partial charge in [-0.1, -0.05) is 30.3 Å². The molecule has 0 spiro atoms. The summed E-state index contributed by atoms with van der Waals surface area (Å²) in [4.78, 5) is 12.6. The summed E-state index contributed by atoms with van der Waals surface area (Å²) in [5, 5.41) is 0.880. The van der Waals surface area contributed by atoms with Crippen LogP contribution >= 0.6 is 0 Å². The molecule has 0 aliphatic heterocycles. The highest BCUT2D eigenvalue weighted by Gasteiger charge is 2.21. The van der Waals surface area contributed by atoms with Crippen LogP contribution in [0.4, 0.5) is 5.69 Å². The van der Waals surface area contributed by atoms with Crippen LogP contribution in [-0.4, -0.2) is 21.4 Å². The number of benzene rings is 3. The molecule has 0 fully saturated rings. The van der Waals surface area contributed by atoms with Crippen LogP contribution in [0, 0.1) is 6.92 Å². The van der Waals surface area contributed by atoms with Gasteiger partial charge in [-0.25, -0.2) is 8.42 Å². The van der Waals surface area contributed by atoms with Gasteiger partial charge in [-0.05, 0) is 55.0 Å². The van der Waals surface area contributed by atoms with E-state index in [1.165, 1.54) is 11.4 Å². The number of anilines is 1. The molecule has 0 saturated heterocycles. The minimum Gasteiger partial charge on any atom is -0.464 e. The van der Waals surface area contributed by atoms with E-state index in [-0.39, 0.29) is 11.3 Å². The van der Waals surface area contributed by atoms with Gasteiger partial charge in [0.25, 0.3) is 10.0 Å². The molecule has 158 valence electrons. The highest BCUT2D eigenvalue weighted by atomic mass is 32.2. The molecule has 1 heterocycles. The topological polar surface area (TPSA) is 76.8 Å². The van der Waals surface area contributed by atoms with Crippen molar-refractivity contribution < 1.29 is 22.4 Å². The van der Waals surface area contributed by atoms with Gasteiger partial charge >= 0.3 is 5.97 Å². The number of carbonyl (C=O) groups excluding carboxylic acids is 1. The van der Waals surface area contributed by atoms with Gasteiger partial charge in [0, 0.05) is 18.0 Å². The van der Waals surface area contributed by atoms with Crippen LogP contribution < -0.4 is 9.04 Å². The number of esters is 1. The highest BCUT2D eigenvalue weighted by Crippen LogP contribution is 2.26. The minimum atomic E-state index is -3.67. The van der Waals surface area contributed by atoms with E-state index in [1.54, 1.807) is 60.9 Å². The van der Waals surface area contributed by atoms with Crippen LogP contribution in [0.5, 0.6) is 5.75 Å². The van der Waals surface area contributed by atoms with Crippen molar-refractivity contribution in [1.29, 1.82) is 0 Å². The van der Waals surface area contributed by atoms with Crippen LogP contribution in [0.25, 0.3) is 11.0 Å². The minimum absolute atomic E-state index is 0.0695. The first kappa shape index (κ1) is 20.7. The fourth-order valence-corrected chi connectivity index (χ4v) is 4.48. The Bertz CT molecular complexity index is 1330. The average Bonchev–Trinajstić information content (AvgIpc) is 3.15. The first-order valence-electron chi connectivity index (χ1n) is 9.66. The van der Waals surface area contributed by atoms with Crippen molar-refractivity contribution in [2.45, 2.75) is 18.2 Å². The molecule has 0 aliphatic rings. The summed E-state index contributed by atoms with van der Waals surface area (Å²) in [5.41, 5.74) is 3.02. The number of hydrogen-bond acceptors (Lipinski definition) is 5. The zero-order chi connectivity index (χ0) is 22.0. The second kappa shape index (κ2) is 8.28. The fourth-order valence-electron chi connectivity index (χ4n) is 3.26. The highest BCUT2D eigenvalue weighted by molar-refractivity contribution is 7.92. The molecule has 0 saturated carbocycles. The van der Waals surface area contributed by atoms with Crippen molar-refractivity contribution in [3.8, 4) is 5.75 Å². The second-order valence-corrected chi connectivity index (χ2v) is 9.16. The van der Waals surface area contributed by atoms with Gasteiger partial charge in [0.2, 0.25) is 0 Å². The Kier molecular flexibility index (Phi) is 5.52. The number of carbonyl (C=O) groups is 1. The summed E-state index contributed by atoms with van der Waals surface area (Å²) >= 11 is 0. The molecular formula is C24H21NO5S. The molecule has 0 unspecified atom stereocenters. The average molecular weight is 436 g/mol. The van der Waals surface area contributed by atoms with Crippen LogP contribution in [0.2, 0.25) is 0 Å². The Morgan fingerprint density at radius 1 is 1.00 bits per heavy atom. The molecule has 0 atom stereocenters. The Balaban J connectivity index is 1.45. The van der Waals surface area contributed by atoms with Crippen LogP contribution in [-0.2, 0) is 21.2 Å². The lowest BCUT2D eigenvalue weighted by Gasteiger charge is -2.19. The lowest BCUT2D eigenvalue weighted by molar-refractivity contribution is -0.133. The maximum Gasteiger partial charge on any atom is 0.315 e. The van der Waals surface area contributed by atoms with Crippen molar-refractivity contribution in [2.24, 2.45) is 0 Å². The maximum absolute atomic E-state index is 12.7. The maximum atomic E-state index is 12.7. The number of ether oxygens (including phenoxy) is 1. The number of nitrogens with zero attached hydrogens (tertiary/aromatic N) is 1. The van der Waals surface area contributed by atoms with E-state index >= 15 is 0 Å². The quantitative estimate of drug-likeness (QED) is 0.324. The largest absolute Gasteiger partial charge is 0.464 e. The first-order chi connectivity index (χ1) is 14.8. The third kappa shape index (κ3) is 4.32. The summed E-state index contributed by atoms with van der Waals surface area (Å²) in [7, 11) is -2.19. The van der Waals surface area contributed by atoms with Crippen molar-refractivity contribution in [3.63, 3.8) is 0 Å². The van der Waals surface area contributed by atoms with Gasteiger partial charge in [0.15, 0.2) is 0 Å². The molecule has 4 rings (SSSR count). The third-order valence-electron chi connectivity index (χ3n) is 4.98. The van der Waals surface area contributed by atoms with Crippen LogP contribution in [0.3, 0.4) is 0 Å². The van der Waals surface area contributed by atoms with Crippen molar-refractivity contribution in [3.05, 3.63) is 90.2 Å². The van der Waals surface area contributed by atoms with Gasteiger partial charge in [-0.3, -0.25) is 9.10 Å². The summed E-state index contributed by atoms with van der Waals surface area (Å²) in [6.07, 6.45) is 1.64. The van der Waals surface area contributed by atoms with Crippen LogP contribution in [0.1, 0.15) is 11.1 Å². The molecule has 31 heavy (non-hydrogen) atoms. The van der Waals surface area contributed by atoms with Gasteiger partial charge in [0.1, 0.15) is 11.3 Å². The molecule has 3 aromatic carbocycles. The Labute approximate surface area is 180 Å². The van der Waals surface area contributed by atoms with E-state index in [1.807, 2.05) is 25.1 Å². The first-order valence-corrected chi connectivity index (χ1v) is 11.1. The monoisotopic (exact) mass is 435 g/mol. The van der Waals surface area contributed by atoms with E-state index in [9.17, 15) is 13.2 Å². The van der Waals surface area contributed by atoms with Gasteiger partial charge < -0.3 is 9.15 Å². The SMILES string of the molecule is Cc1ccc2c(CC(=O)Oc3ccc(N(C)S(=O)(=O)c4ccccc4)cc3)coc2c1. The fraction of sp³-hybridized carbons (Fsp3) is 0.125. The van der Waals surface area contributed by atoms with Gasteiger partial charge in [-0.2, -0.15) is 0 Å². The van der Waals surface area contributed by atoms with Crippen molar-refractivity contribution in [2.75, 3.05) is 11.4 Å². The van der Waals surface area contributed by atoms with Crippen molar-refractivity contribution >= 4 is 32.6 Å². The molecule has 0 N–H and O–H groups in total. The van der Waals surface area contributed by atoms with E-state index in [2.05, 4.69) is 0 Å². The number of aryl methyl sites for hydroxylation is 1. The number of rotatable bonds is 6. The molecular weight excluding hydrogens is 414 g/mol. The van der Waals surface area contributed by atoms with Crippen LogP contribution in [0.15, 0.2) is 88.4 Å². The Morgan fingerprint density at radius 2 is 1.71 bits per heavy atom. The second-order valence-electron chi connectivity index (χ2n) is 7.19. The number of furan rings is 1. The van der Waals surface area contributed by atoms with Gasteiger partial charge in [0.05, 0.1) is 23.3 Å². The Morgan fingerprint density at radius 3 is 2.42 bits per heavy atom. The molecule has 1 aromatic heterocycles. The lowest BCUT2D eigenvalue weighted by Crippen LogP contribution is -2.26. The number of sulfonamides is 1. The molecule has 7 heteroatoms. The molecule has 0 bridgehead atoms. The predicted octanol–water partition coefficient (Wildman–Crippen LogP) is 4.71. The van der Waals surface area contributed by atoms with E-state index in [0.717, 1.165) is 22.1 Å². The standard InChI is InChI=1S/C24H21NO5S/c1-17-8-13-22-18(16-29-23(22)14-17)15-24(26)30-20-11-9-19(10-12-20)25(2)31(27,28)21-6-4-3-5-7-21/h3-14,16H,15H2,1-2H3. The lowest BCUT2D eigenvalue weighted by atomic mass is 10.1. The van der Waals surface area contributed by atoms with E-state index in [4.69, 9.17) is 9.15 Å². The van der Waals surface area contributed by atoms with Gasteiger partial charge in [-0.15, -0.1) is 0 Å². The summed E-state index contributed by atoms with van der Waals surface area (Å²) in [6.45, 7) is 1.97. The van der Waals surface area contributed by atoms with E-state index < -0.39 is 16.0 Å². The summed E-state index contributed by atoms with van der Waals surface area (Å²) < 4.78 is 37.6. The Hall–Kier alpha value is -3.58.